The second kappa shape index (κ2) is 4.07. The average molecular weight is 219 g/mol. The molecule has 0 saturated carbocycles. The molecule has 1 heterocycles. The molecule has 1 aromatic rings. The van der Waals surface area contributed by atoms with Gasteiger partial charge < -0.3 is 14.8 Å². The predicted octanol–water partition coefficient (Wildman–Crippen LogP) is 1.02. The first-order valence-electron chi connectivity index (χ1n) is 3.80. The van der Waals surface area contributed by atoms with Gasteiger partial charge in [-0.3, -0.25) is 4.79 Å². The summed E-state index contributed by atoms with van der Waals surface area (Å²) in [6.45, 7) is 0. The SMILES string of the molecule is COc1c(C(F)F)cc(=O)[nH]c1C(=O)O. The van der Waals surface area contributed by atoms with Crippen molar-refractivity contribution in [2.75, 3.05) is 7.11 Å². The van der Waals surface area contributed by atoms with Crippen molar-refractivity contribution in [3.8, 4) is 5.75 Å². The number of hydrogen-bond donors (Lipinski definition) is 2. The van der Waals surface area contributed by atoms with Crippen LogP contribution in [-0.2, 0) is 0 Å². The number of halogens is 2. The Morgan fingerprint density at radius 3 is 2.60 bits per heavy atom. The summed E-state index contributed by atoms with van der Waals surface area (Å²) in [5.41, 5.74) is -2.33. The van der Waals surface area contributed by atoms with Crippen LogP contribution in [-0.4, -0.2) is 23.2 Å². The van der Waals surface area contributed by atoms with Crippen molar-refractivity contribution < 1.29 is 23.4 Å². The standard InChI is InChI=1S/C8H7F2NO4/c1-15-6-3(7(9)10)2-4(12)11-5(6)8(13)14/h2,7H,1H3,(H,11,12)(H,13,14). The normalized spacial score (nSPS) is 10.4. The zero-order valence-corrected chi connectivity index (χ0v) is 7.58. The van der Waals surface area contributed by atoms with Crippen LogP contribution in [0.3, 0.4) is 0 Å². The molecule has 82 valence electrons. The highest BCUT2D eigenvalue weighted by Gasteiger charge is 2.22. The van der Waals surface area contributed by atoms with E-state index in [0.29, 0.717) is 6.07 Å². The third kappa shape index (κ3) is 2.12. The van der Waals surface area contributed by atoms with Crippen molar-refractivity contribution in [2.24, 2.45) is 0 Å². The van der Waals surface area contributed by atoms with Gasteiger partial charge in [-0.1, -0.05) is 0 Å². The molecule has 0 aliphatic carbocycles. The molecule has 1 aromatic heterocycles. The molecule has 1 rings (SSSR count). The fourth-order valence-electron chi connectivity index (χ4n) is 1.10. The largest absolute Gasteiger partial charge is 0.494 e. The first-order chi connectivity index (χ1) is 6.97. The molecule has 0 fully saturated rings. The van der Waals surface area contributed by atoms with E-state index < -0.39 is 35.0 Å². The molecule has 15 heavy (non-hydrogen) atoms. The van der Waals surface area contributed by atoms with Crippen LogP contribution in [0.1, 0.15) is 22.5 Å². The third-order valence-corrected chi connectivity index (χ3v) is 1.68. The maximum atomic E-state index is 12.4. The first kappa shape index (κ1) is 11.2. The van der Waals surface area contributed by atoms with Crippen LogP contribution >= 0.6 is 0 Å². The quantitative estimate of drug-likeness (QED) is 0.795. The van der Waals surface area contributed by atoms with E-state index in [4.69, 9.17) is 5.11 Å². The Bertz CT molecular complexity index is 441. The van der Waals surface area contributed by atoms with Crippen LogP contribution in [0.4, 0.5) is 8.78 Å². The molecule has 0 aliphatic heterocycles. The third-order valence-electron chi connectivity index (χ3n) is 1.68. The highest BCUT2D eigenvalue weighted by Crippen LogP contribution is 2.29. The maximum absolute atomic E-state index is 12.4. The number of H-pyrrole nitrogens is 1. The Kier molecular flexibility index (Phi) is 3.03. The van der Waals surface area contributed by atoms with Crippen LogP contribution in [0.5, 0.6) is 5.75 Å². The number of alkyl halides is 2. The summed E-state index contributed by atoms with van der Waals surface area (Å²) in [6, 6.07) is 0.607. The van der Waals surface area contributed by atoms with Gasteiger partial charge in [0.15, 0.2) is 11.4 Å². The summed E-state index contributed by atoms with van der Waals surface area (Å²) >= 11 is 0. The van der Waals surface area contributed by atoms with E-state index in [2.05, 4.69) is 4.74 Å². The topological polar surface area (TPSA) is 79.4 Å². The van der Waals surface area contributed by atoms with Crippen LogP contribution in [0, 0.1) is 0 Å². The molecule has 2 N–H and O–H groups in total. The average Bonchev–Trinajstić information content (AvgIpc) is 2.16. The number of aromatic amines is 1. The molecule has 0 spiro atoms. The lowest BCUT2D eigenvalue weighted by Gasteiger charge is -2.09. The lowest BCUT2D eigenvalue weighted by molar-refractivity contribution is 0.0684. The molecule has 0 amide bonds. The minimum absolute atomic E-state index is 0.530. The number of carboxylic acid groups (broad SMARTS) is 1. The van der Waals surface area contributed by atoms with E-state index >= 15 is 0 Å². The maximum Gasteiger partial charge on any atom is 0.356 e. The van der Waals surface area contributed by atoms with Gasteiger partial charge in [0.05, 0.1) is 12.7 Å². The van der Waals surface area contributed by atoms with E-state index in [1.807, 2.05) is 4.98 Å². The number of pyridine rings is 1. The molecule has 0 aromatic carbocycles. The van der Waals surface area contributed by atoms with Gasteiger partial charge in [0.1, 0.15) is 0 Å². The number of nitrogens with one attached hydrogen (secondary N) is 1. The Morgan fingerprint density at radius 1 is 1.60 bits per heavy atom. The van der Waals surface area contributed by atoms with Crippen molar-refractivity contribution in [1.82, 2.24) is 4.98 Å². The zero-order valence-electron chi connectivity index (χ0n) is 7.58. The monoisotopic (exact) mass is 219 g/mol. The number of aromatic nitrogens is 1. The number of carboxylic acids is 1. The van der Waals surface area contributed by atoms with E-state index in [9.17, 15) is 18.4 Å². The second-order valence-electron chi connectivity index (χ2n) is 2.60. The Morgan fingerprint density at radius 2 is 2.20 bits per heavy atom. The fraction of sp³-hybridized carbons (Fsp3) is 0.250. The molecular formula is C8H7F2NO4. The molecule has 0 saturated heterocycles. The minimum atomic E-state index is -2.97. The molecule has 5 nitrogen and oxygen atoms in total. The van der Waals surface area contributed by atoms with E-state index in [-0.39, 0.29) is 0 Å². The molecule has 0 unspecified atom stereocenters. The van der Waals surface area contributed by atoms with Gasteiger partial charge in [-0.15, -0.1) is 0 Å². The summed E-state index contributed by atoms with van der Waals surface area (Å²) in [5, 5.41) is 8.63. The zero-order chi connectivity index (χ0) is 11.6. The van der Waals surface area contributed by atoms with Gasteiger partial charge in [0.25, 0.3) is 6.43 Å². The second-order valence-corrected chi connectivity index (χ2v) is 2.60. The van der Waals surface area contributed by atoms with Crippen molar-refractivity contribution in [1.29, 1.82) is 0 Å². The van der Waals surface area contributed by atoms with Gasteiger partial charge in [0.2, 0.25) is 5.56 Å². The lowest BCUT2D eigenvalue weighted by atomic mass is 10.2. The highest BCUT2D eigenvalue weighted by molar-refractivity contribution is 5.89. The van der Waals surface area contributed by atoms with Gasteiger partial charge in [-0.2, -0.15) is 0 Å². The first-order valence-corrected chi connectivity index (χ1v) is 3.80. The Hall–Kier alpha value is -1.92. The Labute approximate surface area is 82.3 Å². The molecular weight excluding hydrogens is 212 g/mol. The molecule has 0 bridgehead atoms. The van der Waals surface area contributed by atoms with Crippen LogP contribution < -0.4 is 10.3 Å². The summed E-state index contributed by atoms with van der Waals surface area (Å²) in [4.78, 5) is 23.4. The van der Waals surface area contributed by atoms with Gasteiger partial charge in [-0.05, 0) is 0 Å². The van der Waals surface area contributed by atoms with Gasteiger partial charge >= 0.3 is 5.97 Å². The van der Waals surface area contributed by atoms with Crippen molar-refractivity contribution in [3.05, 3.63) is 27.7 Å². The summed E-state index contributed by atoms with van der Waals surface area (Å²) in [7, 11) is 1.05. The van der Waals surface area contributed by atoms with Gasteiger partial charge in [-0.25, -0.2) is 13.6 Å². The van der Waals surface area contributed by atoms with Crippen LogP contribution in [0.25, 0.3) is 0 Å². The number of carbonyl (C=O) groups is 1. The van der Waals surface area contributed by atoms with E-state index in [1.165, 1.54) is 0 Å². The number of ether oxygens (including phenoxy) is 1. The number of hydrogen-bond acceptors (Lipinski definition) is 3. The summed E-state index contributed by atoms with van der Waals surface area (Å²) in [5.74, 6) is -2.07. The molecule has 0 atom stereocenters. The predicted molar refractivity (Wildman–Crippen MR) is 45.5 cm³/mol. The van der Waals surface area contributed by atoms with Gasteiger partial charge in [0, 0.05) is 6.07 Å². The Balaban J connectivity index is 3.52. The van der Waals surface area contributed by atoms with E-state index in [1.54, 1.807) is 0 Å². The van der Waals surface area contributed by atoms with Crippen molar-refractivity contribution >= 4 is 5.97 Å². The van der Waals surface area contributed by atoms with Crippen LogP contribution in [0.2, 0.25) is 0 Å². The molecule has 7 heteroatoms. The fourth-order valence-corrected chi connectivity index (χ4v) is 1.10. The van der Waals surface area contributed by atoms with Crippen molar-refractivity contribution in [2.45, 2.75) is 6.43 Å². The molecule has 0 aliphatic rings. The minimum Gasteiger partial charge on any atom is -0.494 e. The lowest BCUT2D eigenvalue weighted by Crippen LogP contribution is -2.16. The summed E-state index contributed by atoms with van der Waals surface area (Å²) < 4.78 is 29.3. The molecule has 0 radical (unpaired) electrons. The van der Waals surface area contributed by atoms with Crippen LogP contribution in [0.15, 0.2) is 10.9 Å². The number of methoxy groups -OCH3 is 1. The summed E-state index contributed by atoms with van der Waals surface area (Å²) in [6.07, 6.45) is -2.97. The van der Waals surface area contributed by atoms with Crippen molar-refractivity contribution in [3.63, 3.8) is 0 Å². The number of aromatic carboxylic acids is 1. The smallest absolute Gasteiger partial charge is 0.356 e. The number of rotatable bonds is 3. The highest BCUT2D eigenvalue weighted by atomic mass is 19.3. The van der Waals surface area contributed by atoms with E-state index in [0.717, 1.165) is 7.11 Å².